The van der Waals surface area contributed by atoms with Crippen LogP contribution < -0.4 is 5.43 Å². The SMILES string of the molecule is C[N+]1(NC(=O)c2nn(-c3ccc(Cl)cc3Cl)c3c2CCC/C3=C\c2ccc(F)cc2)CCCCC1. The normalized spacial score (nSPS) is 18.3. The summed E-state index contributed by atoms with van der Waals surface area (Å²) < 4.78 is 15.8. The minimum Gasteiger partial charge on any atom is -0.262 e. The van der Waals surface area contributed by atoms with Gasteiger partial charge in [0.25, 0.3) is 0 Å². The van der Waals surface area contributed by atoms with Gasteiger partial charge < -0.3 is 0 Å². The van der Waals surface area contributed by atoms with Crippen molar-refractivity contribution < 1.29 is 13.8 Å². The van der Waals surface area contributed by atoms with Gasteiger partial charge in [0.1, 0.15) is 18.9 Å². The fourth-order valence-electron chi connectivity index (χ4n) is 5.12. The number of quaternary nitrogens is 1. The molecular formula is C27H28Cl2FN4O+. The average Bonchev–Trinajstić information content (AvgIpc) is 3.21. The van der Waals surface area contributed by atoms with E-state index in [1.165, 1.54) is 18.6 Å². The highest BCUT2D eigenvalue weighted by atomic mass is 35.5. The Hall–Kier alpha value is -2.67. The lowest BCUT2D eigenvalue weighted by molar-refractivity contribution is -0.947. The van der Waals surface area contributed by atoms with Crippen LogP contribution in [0.3, 0.4) is 0 Å². The molecule has 5 nitrogen and oxygen atoms in total. The number of allylic oxidation sites excluding steroid dienone is 1. The molecule has 182 valence electrons. The number of benzene rings is 2. The topological polar surface area (TPSA) is 46.9 Å². The number of fused-ring (bicyclic) bond motifs is 1. The summed E-state index contributed by atoms with van der Waals surface area (Å²) >= 11 is 12.7. The van der Waals surface area contributed by atoms with E-state index in [-0.39, 0.29) is 11.7 Å². The molecule has 1 N–H and O–H groups in total. The summed E-state index contributed by atoms with van der Waals surface area (Å²) in [6.07, 6.45) is 7.87. The Kier molecular flexibility index (Phi) is 6.71. The smallest absolute Gasteiger partial charge is 0.262 e. The largest absolute Gasteiger partial charge is 0.316 e. The van der Waals surface area contributed by atoms with Gasteiger partial charge in [-0.05, 0) is 86.1 Å². The number of nitrogens with one attached hydrogen (secondary N) is 1. The summed E-state index contributed by atoms with van der Waals surface area (Å²) in [5, 5.41) is 5.81. The first-order valence-corrected chi connectivity index (χ1v) is 12.8. The molecule has 8 heteroatoms. The minimum absolute atomic E-state index is 0.169. The maximum Gasteiger partial charge on any atom is 0.316 e. The third-order valence-electron chi connectivity index (χ3n) is 6.90. The molecule has 1 aliphatic carbocycles. The molecule has 2 heterocycles. The number of nitrogens with zero attached hydrogens (tertiary/aromatic N) is 3. The van der Waals surface area contributed by atoms with Crippen molar-refractivity contribution in [3.63, 3.8) is 0 Å². The third kappa shape index (κ3) is 5.01. The van der Waals surface area contributed by atoms with Gasteiger partial charge in [0.15, 0.2) is 5.69 Å². The van der Waals surface area contributed by atoms with Crippen LogP contribution in [0.5, 0.6) is 0 Å². The first-order chi connectivity index (χ1) is 16.8. The fourth-order valence-corrected chi connectivity index (χ4v) is 5.61. The zero-order valence-electron chi connectivity index (χ0n) is 19.7. The molecule has 0 radical (unpaired) electrons. The summed E-state index contributed by atoms with van der Waals surface area (Å²) in [6, 6.07) is 11.7. The number of hydrogen-bond acceptors (Lipinski definition) is 2. The Labute approximate surface area is 214 Å². The number of rotatable bonds is 4. The molecule has 1 amide bonds. The first kappa shape index (κ1) is 24.0. The van der Waals surface area contributed by atoms with Crippen LogP contribution >= 0.6 is 23.2 Å². The van der Waals surface area contributed by atoms with Crippen molar-refractivity contribution in [3.05, 3.63) is 80.8 Å². The molecule has 1 saturated heterocycles. The quantitative estimate of drug-likeness (QED) is 0.406. The van der Waals surface area contributed by atoms with Gasteiger partial charge in [-0.25, -0.2) is 13.7 Å². The van der Waals surface area contributed by atoms with E-state index >= 15 is 0 Å². The lowest BCUT2D eigenvalue weighted by Crippen LogP contribution is -2.59. The molecule has 2 aliphatic rings. The predicted molar refractivity (Wildman–Crippen MR) is 138 cm³/mol. The van der Waals surface area contributed by atoms with E-state index in [4.69, 9.17) is 28.3 Å². The maximum absolute atomic E-state index is 13.6. The first-order valence-electron chi connectivity index (χ1n) is 12.0. The minimum atomic E-state index is -0.275. The molecule has 2 aromatic carbocycles. The monoisotopic (exact) mass is 513 g/mol. The van der Waals surface area contributed by atoms with Gasteiger partial charge in [-0.2, -0.15) is 10.5 Å². The van der Waals surface area contributed by atoms with Crippen molar-refractivity contribution in [2.75, 3.05) is 20.1 Å². The number of hydrogen-bond donors (Lipinski definition) is 1. The Morgan fingerprint density at radius 2 is 1.80 bits per heavy atom. The van der Waals surface area contributed by atoms with E-state index in [9.17, 15) is 9.18 Å². The number of aromatic nitrogens is 2. The van der Waals surface area contributed by atoms with E-state index in [0.717, 1.165) is 67.6 Å². The van der Waals surface area contributed by atoms with Crippen molar-refractivity contribution in [1.82, 2.24) is 15.2 Å². The molecule has 1 aliphatic heterocycles. The molecule has 0 saturated carbocycles. The number of piperidine rings is 1. The Morgan fingerprint density at radius 3 is 2.51 bits per heavy atom. The van der Waals surface area contributed by atoms with Gasteiger partial charge in [-0.1, -0.05) is 35.3 Å². The van der Waals surface area contributed by atoms with E-state index in [1.54, 1.807) is 28.9 Å². The lowest BCUT2D eigenvalue weighted by Gasteiger charge is -2.36. The Bertz CT molecular complexity index is 1290. The average molecular weight is 514 g/mol. The van der Waals surface area contributed by atoms with Gasteiger partial charge in [-0.3, -0.25) is 4.79 Å². The molecule has 0 unspecified atom stereocenters. The van der Waals surface area contributed by atoms with Crippen molar-refractivity contribution in [2.45, 2.75) is 38.5 Å². The maximum atomic E-state index is 13.6. The molecule has 1 aromatic heterocycles. The fraction of sp³-hybridized carbons (Fsp3) is 0.333. The van der Waals surface area contributed by atoms with Crippen LogP contribution in [0.25, 0.3) is 17.3 Å². The summed E-state index contributed by atoms with van der Waals surface area (Å²) in [4.78, 5) is 13.6. The van der Waals surface area contributed by atoms with E-state index in [1.807, 2.05) is 12.1 Å². The number of carbonyl (C=O) groups excluding carboxylic acids is 1. The summed E-state index contributed by atoms with van der Waals surface area (Å²) in [5.74, 6) is -0.444. The molecule has 35 heavy (non-hydrogen) atoms. The third-order valence-corrected chi connectivity index (χ3v) is 7.44. The van der Waals surface area contributed by atoms with Gasteiger partial charge in [-0.15, -0.1) is 0 Å². The van der Waals surface area contributed by atoms with Crippen molar-refractivity contribution in [3.8, 4) is 5.69 Å². The van der Waals surface area contributed by atoms with Crippen molar-refractivity contribution in [1.29, 1.82) is 0 Å². The lowest BCUT2D eigenvalue weighted by atomic mass is 9.89. The van der Waals surface area contributed by atoms with Gasteiger partial charge in [0.2, 0.25) is 0 Å². The van der Waals surface area contributed by atoms with Crippen LogP contribution in [0.4, 0.5) is 4.39 Å². The molecule has 0 atom stereocenters. The highest BCUT2D eigenvalue weighted by Gasteiger charge is 2.33. The van der Waals surface area contributed by atoms with E-state index in [0.29, 0.717) is 26.0 Å². The second-order valence-electron chi connectivity index (χ2n) is 9.60. The molecule has 3 aromatic rings. The van der Waals surface area contributed by atoms with Crippen molar-refractivity contribution in [2.24, 2.45) is 0 Å². The van der Waals surface area contributed by atoms with Crippen LogP contribution in [0.15, 0.2) is 42.5 Å². The number of carbonyl (C=O) groups is 1. The van der Waals surface area contributed by atoms with Crippen LogP contribution in [-0.4, -0.2) is 40.4 Å². The molecular weight excluding hydrogens is 486 g/mol. The highest BCUT2D eigenvalue weighted by molar-refractivity contribution is 6.35. The molecule has 0 bridgehead atoms. The van der Waals surface area contributed by atoms with Crippen LogP contribution in [0, 0.1) is 5.82 Å². The molecule has 0 spiro atoms. The van der Waals surface area contributed by atoms with Crippen molar-refractivity contribution >= 4 is 40.8 Å². The predicted octanol–water partition coefficient (Wildman–Crippen LogP) is 6.47. The number of halogens is 3. The molecule has 5 rings (SSSR count). The summed E-state index contributed by atoms with van der Waals surface area (Å²) in [7, 11) is 2.07. The summed E-state index contributed by atoms with van der Waals surface area (Å²) in [5.41, 5.74) is 8.03. The zero-order valence-corrected chi connectivity index (χ0v) is 21.2. The van der Waals surface area contributed by atoms with Gasteiger partial charge in [0.05, 0.1) is 23.5 Å². The second-order valence-corrected chi connectivity index (χ2v) is 10.4. The van der Waals surface area contributed by atoms with E-state index in [2.05, 4.69) is 12.5 Å². The highest BCUT2D eigenvalue weighted by Crippen LogP contribution is 2.37. The number of likely N-dealkylation sites (tertiary alicyclic amines) is 1. The Balaban J connectivity index is 1.62. The van der Waals surface area contributed by atoms with Crippen LogP contribution in [0.2, 0.25) is 10.0 Å². The Morgan fingerprint density at radius 1 is 1.06 bits per heavy atom. The summed E-state index contributed by atoms with van der Waals surface area (Å²) in [6.45, 7) is 1.82. The van der Waals surface area contributed by atoms with Crippen LogP contribution in [0.1, 0.15) is 59.4 Å². The zero-order chi connectivity index (χ0) is 24.6. The van der Waals surface area contributed by atoms with Gasteiger partial charge >= 0.3 is 5.91 Å². The second kappa shape index (κ2) is 9.76. The van der Waals surface area contributed by atoms with Gasteiger partial charge in [0, 0.05) is 10.6 Å². The number of amides is 1. The molecule has 1 fully saturated rings. The standard InChI is InChI=1S/C27H27Cl2FN4O/c1-34(14-3-2-4-15-34)32-27(35)25-22-7-5-6-19(16-18-8-11-21(30)12-9-18)26(22)33(31-25)24-13-10-20(28)17-23(24)29/h8-13,16-17H,2-7,14-15H2,1H3/p+1/b19-16+. The van der Waals surface area contributed by atoms with Crippen LogP contribution in [-0.2, 0) is 6.42 Å². The van der Waals surface area contributed by atoms with E-state index < -0.39 is 0 Å².